The molecule has 1 aromatic heterocycles. The van der Waals surface area contributed by atoms with Crippen molar-refractivity contribution < 1.29 is 9.53 Å². The summed E-state index contributed by atoms with van der Waals surface area (Å²) >= 11 is 0. The van der Waals surface area contributed by atoms with Crippen molar-refractivity contribution >= 4 is 6.03 Å². The first-order valence-electron chi connectivity index (χ1n) is 6.26. The second-order valence-electron chi connectivity index (χ2n) is 4.51. The maximum atomic E-state index is 11.7. The zero-order valence-electron chi connectivity index (χ0n) is 10.9. The third-order valence-electron chi connectivity index (χ3n) is 3.27. The van der Waals surface area contributed by atoms with E-state index in [-0.39, 0.29) is 12.1 Å². The van der Waals surface area contributed by atoms with E-state index in [0.717, 1.165) is 24.8 Å². The summed E-state index contributed by atoms with van der Waals surface area (Å²) in [5, 5.41) is 10.0. The molecule has 1 aromatic rings. The standard InChI is InChI=1S/C12H20N4O2/c1-16-11-5-3-4-10(9(11)8-14-16)15-12(17)13-6-7-18-2/h8,10H,3-7H2,1-2H3,(H2,13,15,17). The fourth-order valence-electron chi connectivity index (χ4n) is 2.33. The number of hydrogen-bond donors (Lipinski definition) is 2. The number of aromatic nitrogens is 2. The Balaban J connectivity index is 1.92. The minimum Gasteiger partial charge on any atom is -0.383 e. The number of rotatable bonds is 4. The molecule has 1 atom stereocenters. The largest absolute Gasteiger partial charge is 0.383 e. The second kappa shape index (κ2) is 5.86. The van der Waals surface area contributed by atoms with Crippen LogP contribution in [0.1, 0.15) is 30.1 Å². The van der Waals surface area contributed by atoms with Crippen LogP contribution in [0.25, 0.3) is 0 Å². The lowest BCUT2D eigenvalue weighted by Crippen LogP contribution is -2.40. The minimum absolute atomic E-state index is 0.0741. The summed E-state index contributed by atoms with van der Waals surface area (Å²) in [6, 6.07) is -0.0706. The van der Waals surface area contributed by atoms with E-state index in [1.165, 1.54) is 5.69 Å². The molecule has 6 heteroatoms. The van der Waals surface area contributed by atoms with Gasteiger partial charge in [-0.15, -0.1) is 0 Å². The van der Waals surface area contributed by atoms with E-state index in [4.69, 9.17) is 4.74 Å². The Morgan fingerprint density at radius 3 is 3.28 bits per heavy atom. The molecule has 0 spiro atoms. The lowest BCUT2D eigenvalue weighted by atomic mass is 9.93. The monoisotopic (exact) mass is 252 g/mol. The van der Waals surface area contributed by atoms with Crippen LogP contribution in [0.15, 0.2) is 6.20 Å². The minimum atomic E-state index is -0.145. The molecule has 1 aliphatic carbocycles. The van der Waals surface area contributed by atoms with Crippen LogP contribution >= 0.6 is 0 Å². The van der Waals surface area contributed by atoms with Gasteiger partial charge in [0.1, 0.15) is 0 Å². The number of fused-ring (bicyclic) bond motifs is 1. The molecule has 0 aromatic carbocycles. The number of aryl methyl sites for hydroxylation is 1. The summed E-state index contributed by atoms with van der Waals surface area (Å²) < 4.78 is 6.78. The number of hydrogen-bond acceptors (Lipinski definition) is 3. The van der Waals surface area contributed by atoms with E-state index in [0.29, 0.717) is 13.2 Å². The van der Waals surface area contributed by atoms with E-state index in [9.17, 15) is 4.79 Å². The number of methoxy groups -OCH3 is 1. The highest BCUT2D eigenvalue weighted by Crippen LogP contribution is 2.28. The maximum absolute atomic E-state index is 11.7. The Morgan fingerprint density at radius 2 is 2.50 bits per heavy atom. The zero-order chi connectivity index (χ0) is 13.0. The van der Waals surface area contributed by atoms with Gasteiger partial charge < -0.3 is 15.4 Å². The van der Waals surface area contributed by atoms with E-state index in [1.54, 1.807) is 7.11 Å². The van der Waals surface area contributed by atoms with Crippen LogP contribution in [-0.4, -0.2) is 36.1 Å². The summed E-state index contributed by atoms with van der Waals surface area (Å²) in [7, 11) is 3.56. The second-order valence-corrected chi connectivity index (χ2v) is 4.51. The normalized spacial score (nSPS) is 18.2. The van der Waals surface area contributed by atoms with Crippen molar-refractivity contribution in [3.63, 3.8) is 0 Å². The molecule has 0 fully saturated rings. The summed E-state index contributed by atoms with van der Waals surface area (Å²) in [6.07, 6.45) is 4.94. The Bertz CT molecular complexity index is 416. The zero-order valence-corrected chi connectivity index (χ0v) is 10.9. The van der Waals surface area contributed by atoms with Crippen LogP contribution in [0.5, 0.6) is 0 Å². The number of carbonyl (C=O) groups excluding carboxylic acids is 1. The van der Waals surface area contributed by atoms with Gasteiger partial charge in [0.05, 0.1) is 18.8 Å². The number of nitrogens with zero attached hydrogens (tertiary/aromatic N) is 2. The molecule has 6 nitrogen and oxygen atoms in total. The number of amides is 2. The van der Waals surface area contributed by atoms with Crippen molar-refractivity contribution in [1.29, 1.82) is 0 Å². The Labute approximate surface area is 107 Å². The maximum Gasteiger partial charge on any atom is 0.315 e. The lowest BCUT2D eigenvalue weighted by Gasteiger charge is -2.23. The molecule has 2 rings (SSSR count). The molecule has 1 aliphatic rings. The molecule has 18 heavy (non-hydrogen) atoms. The summed E-state index contributed by atoms with van der Waals surface area (Å²) in [6.45, 7) is 1.05. The molecule has 2 N–H and O–H groups in total. The lowest BCUT2D eigenvalue weighted by molar-refractivity contribution is 0.194. The van der Waals surface area contributed by atoms with E-state index in [2.05, 4.69) is 15.7 Å². The van der Waals surface area contributed by atoms with Gasteiger partial charge in [-0.3, -0.25) is 4.68 Å². The highest BCUT2D eigenvalue weighted by molar-refractivity contribution is 5.74. The molecule has 100 valence electrons. The van der Waals surface area contributed by atoms with E-state index < -0.39 is 0 Å². The van der Waals surface area contributed by atoms with E-state index in [1.807, 2.05) is 17.9 Å². The SMILES string of the molecule is COCCNC(=O)NC1CCCc2c1cnn2C. The van der Waals surface area contributed by atoms with Crippen molar-refractivity contribution in [2.75, 3.05) is 20.3 Å². The number of carbonyl (C=O) groups is 1. The Kier molecular flexibility index (Phi) is 4.19. The fraction of sp³-hybridized carbons (Fsp3) is 0.667. The van der Waals surface area contributed by atoms with Gasteiger partial charge in [0, 0.05) is 32.0 Å². The fourth-order valence-corrected chi connectivity index (χ4v) is 2.33. The molecule has 0 aliphatic heterocycles. The molecular weight excluding hydrogens is 232 g/mol. The molecule has 1 heterocycles. The smallest absolute Gasteiger partial charge is 0.315 e. The van der Waals surface area contributed by atoms with Crippen molar-refractivity contribution in [3.8, 4) is 0 Å². The van der Waals surface area contributed by atoms with Gasteiger partial charge in [0.15, 0.2) is 0 Å². The molecular formula is C12H20N4O2. The molecule has 0 saturated carbocycles. The van der Waals surface area contributed by atoms with Crippen molar-refractivity contribution in [2.45, 2.75) is 25.3 Å². The summed E-state index contributed by atoms with van der Waals surface area (Å²) in [5.41, 5.74) is 2.37. The molecule has 1 unspecified atom stereocenters. The number of nitrogens with one attached hydrogen (secondary N) is 2. The molecule has 0 saturated heterocycles. The van der Waals surface area contributed by atoms with Crippen LogP contribution in [0.3, 0.4) is 0 Å². The summed E-state index contributed by atoms with van der Waals surface area (Å²) in [4.78, 5) is 11.7. The van der Waals surface area contributed by atoms with E-state index >= 15 is 0 Å². The highest BCUT2D eigenvalue weighted by Gasteiger charge is 2.24. The van der Waals surface area contributed by atoms with Crippen molar-refractivity contribution in [3.05, 3.63) is 17.5 Å². The van der Waals surface area contributed by atoms with Crippen molar-refractivity contribution in [1.82, 2.24) is 20.4 Å². The third kappa shape index (κ3) is 2.81. The summed E-state index contributed by atoms with van der Waals surface area (Å²) in [5.74, 6) is 0. The van der Waals surface area contributed by atoms with Crippen LogP contribution in [0.2, 0.25) is 0 Å². The predicted molar refractivity (Wildman–Crippen MR) is 67.3 cm³/mol. The first-order chi connectivity index (χ1) is 8.72. The van der Waals surface area contributed by atoms with Gasteiger partial charge in [-0.25, -0.2) is 4.79 Å². The van der Waals surface area contributed by atoms with Crippen molar-refractivity contribution in [2.24, 2.45) is 7.05 Å². The van der Waals surface area contributed by atoms with Gasteiger partial charge in [-0.1, -0.05) is 0 Å². The first-order valence-corrected chi connectivity index (χ1v) is 6.26. The topological polar surface area (TPSA) is 68.2 Å². The van der Waals surface area contributed by atoms with Crippen LogP contribution < -0.4 is 10.6 Å². The number of urea groups is 1. The first kappa shape index (κ1) is 12.9. The molecule has 0 bridgehead atoms. The van der Waals surface area contributed by atoms with Gasteiger partial charge >= 0.3 is 6.03 Å². The van der Waals surface area contributed by atoms with Crippen LogP contribution in [0.4, 0.5) is 4.79 Å². The average molecular weight is 252 g/mol. The van der Waals surface area contributed by atoms with Gasteiger partial charge in [-0.2, -0.15) is 5.10 Å². The molecule has 0 radical (unpaired) electrons. The Morgan fingerprint density at radius 1 is 1.67 bits per heavy atom. The van der Waals surface area contributed by atoms with Gasteiger partial charge in [-0.05, 0) is 19.3 Å². The van der Waals surface area contributed by atoms with Crippen LogP contribution in [0, 0.1) is 0 Å². The Hall–Kier alpha value is -1.56. The van der Waals surface area contributed by atoms with Gasteiger partial charge in [0.2, 0.25) is 0 Å². The third-order valence-corrected chi connectivity index (χ3v) is 3.27. The quantitative estimate of drug-likeness (QED) is 0.777. The molecule has 2 amide bonds. The number of ether oxygens (including phenoxy) is 1. The van der Waals surface area contributed by atoms with Gasteiger partial charge in [0.25, 0.3) is 0 Å². The average Bonchev–Trinajstić information content (AvgIpc) is 2.73. The highest BCUT2D eigenvalue weighted by atomic mass is 16.5. The predicted octanol–water partition coefficient (Wildman–Crippen LogP) is 0.743. The van der Waals surface area contributed by atoms with Crippen LogP contribution in [-0.2, 0) is 18.2 Å².